The first-order valence-corrected chi connectivity index (χ1v) is 9.65. The second kappa shape index (κ2) is 7.47. The van der Waals surface area contributed by atoms with Gasteiger partial charge in [0, 0.05) is 61.0 Å². The first kappa shape index (κ1) is 18.8. The molecule has 4 N–H and O–H groups in total. The molecule has 4 rings (SSSR count). The number of nitrogens with one attached hydrogen (secondary N) is 2. The molecular weight excluding hydrogens is 362 g/mol. The van der Waals surface area contributed by atoms with Gasteiger partial charge in [-0.2, -0.15) is 0 Å². The maximum Gasteiger partial charge on any atom is 0.226 e. The highest BCUT2D eigenvalue weighted by molar-refractivity contribution is 6.10. The van der Waals surface area contributed by atoms with Crippen molar-refractivity contribution in [2.45, 2.75) is 19.4 Å². The summed E-state index contributed by atoms with van der Waals surface area (Å²) in [7, 11) is 3.79. The van der Waals surface area contributed by atoms with Crippen LogP contribution < -0.4 is 16.4 Å². The van der Waals surface area contributed by atoms with E-state index in [2.05, 4.69) is 57.6 Å². The van der Waals surface area contributed by atoms with Crippen molar-refractivity contribution < 1.29 is 4.79 Å². The van der Waals surface area contributed by atoms with Crippen molar-refractivity contribution in [1.29, 1.82) is 0 Å². The zero-order valence-corrected chi connectivity index (χ0v) is 16.9. The number of aliphatic imine (C=N–C) groups is 1. The maximum atomic E-state index is 12.1. The summed E-state index contributed by atoms with van der Waals surface area (Å²) in [5.41, 5.74) is 12.7. The number of benzene rings is 2. The van der Waals surface area contributed by atoms with Crippen molar-refractivity contribution in [2.24, 2.45) is 17.8 Å². The molecular formula is C23H25N5O. The quantitative estimate of drug-likeness (QED) is 0.594. The van der Waals surface area contributed by atoms with Gasteiger partial charge in [-0.3, -0.25) is 9.79 Å². The molecule has 1 atom stereocenters. The Morgan fingerprint density at radius 2 is 2.10 bits per heavy atom. The monoisotopic (exact) mass is 387 g/mol. The summed E-state index contributed by atoms with van der Waals surface area (Å²) >= 11 is 0. The van der Waals surface area contributed by atoms with E-state index in [-0.39, 0.29) is 11.9 Å². The molecule has 0 unspecified atom stereocenters. The minimum atomic E-state index is 0.0290. The molecule has 2 heterocycles. The van der Waals surface area contributed by atoms with Crippen molar-refractivity contribution >= 4 is 40.0 Å². The van der Waals surface area contributed by atoms with E-state index < -0.39 is 0 Å². The molecule has 3 aromatic rings. The third-order valence-electron chi connectivity index (χ3n) is 5.32. The number of nitrogens with two attached hydrogens (primary N) is 1. The number of rotatable bonds is 3. The van der Waals surface area contributed by atoms with E-state index in [1.807, 2.05) is 19.1 Å². The summed E-state index contributed by atoms with van der Waals surface area (Å²) in [6.45, 7) is 2.02. The van der Waals surface area contributed by atoms with E-state index in [0.717, 1.165) is 44.7 Å². The van der Waals surface area contributed by atoms with Gasteiger partial charge in [0.15, 0.2) is 0 Å². The molecule has 2 aromatic carbocycles. The van der Waals surface area contributed by atoms with Gasteiger partial charge >= 0.3 is 0 Å². The second-order valence-corrected chi connectivity index (χ2v) is 7.40. The number of carbonyl (C=O) groups is 1. The van der Waals surface area contributed by atoms with Crippen LogP contribution in [0.4, 0.5) is 11.4 Å². The van der Waals surface area contributed by atoms with Crippen LogP contribution >= 0.6 is 0 Å². The number of fused-ring (bicyclic) bond motifs is 2. The first-order chi connectivity index (χ1) is 14.0. The number of hydrogen-bond donors (Lipinski definition) is 3. The maximum absolute atomic E-state index is 12.1. The molecule has 0 aliphatic carbocycles. The Labute approximate surface area is 170 Å². The lowest BCUT2D eigenvalue weighted by Gasteiger charge is -2.17. The van der Waals surface area contributed by atoms with Crippen LogP contribution in [0.5, 0.6) is 0 Å². The highest BCUT2D eigenvalue weighted by Crippen LogP contribution is 2.38. The molecule has 1 amide bonds. The van der Waals surface area contributed by atoms with E-state index in [9.17, 15) is 4.79 Å². The van der Waals surface area contributed by atoms with E-state index in [4.69, 9.17) is 5.73 Å². The fourth-order valence-electron chi connectivity index (χ4n) is 3.92. The summed E-state index contributed by atoms with van der Waals surface area (Å²) in [4.78, 5) is 16.2. The summed E-state index contributed by atoms with van der Waals surface area (Å²) in [6, 6.07) is 14.5. The van der Waals surface area contributed by atoms with E-state index in [1.54, 1.807) is 19.5 Å². The Balaban J connectivity index is 1.87. The molecule has 0 spiro atoms. The molecule has 0 saturated carbocycles. The summed E-state index contributed by atoms with van der Waals surface area (Å²) in [5, 5.41) is 7.66. The normalized spacial score (nSPS) is 17.1. The average Bonchev–Trinajstić information content (AvgIpc) is 2.94. The van der Waals surface area contributed by atoms with Crippen LogP contribution in [0.1, 0.15) is 18.9 Å². The fraction of sp³-hybridized carbons (Fsp3) is 0.217. The summed E-state index contributed by atoms with van der Waals surface area (Å²) < 4.78 is 2.17. The largest absolute Gasteiger partial charge is 0.404 e. The van der Waals surface area contributed by atoms with Crippen molar-refractivity contribution in [2.75, 3.05) is 17.7 Å². The van der Waals surface area contributed by atoms with Crippen LogP contribution in [0.25, 0.3) is 27.7 Å². The summed E-state index contributed by atoms with van der Waals surface area (Å²) in [6.07, 6.45) is 3.78. The van der Waals surface area contributed by atoms with Crippen LogP contribution in [0.3, 0.4) is 0 Å². The minimum absolute atomic E-state index is 0.0290. The Hall–Kier alpha value is -3.54. The van der Waals surface area contributed by atoms with Gasteiger partial charge in [0.2, 0.25) is 5.91 Å². The number of hydrogen-bond acceptors (Lipinski definition) is 4. The molecule has 29 heavy (non-hydrogen) atoms. The first-order valence-electron chi connectivity index (χ1n) is 9.65. The van der Waals surface area contributed by atoms with Gasteiger partial charge < -0.3 is 20.9 Å². The summed E-state index contributed by atoms with van der Waals surface area (Å²) in [5.74, 6) is 0.0290. The van der Waals surface area contributed by atoms with Crippen molar-refractivity contribution in [3.8, 4) is 11.3 Å². The van der Waals surface area contributed by atoms with Crippen LogP contribution in [0.2, 0.25) is 0 Å². The average molecular weight is 387 g/mol. The molecule has 1 aliphatic rings. The Bertz CT molecular complexity index is 1160. The third-order valence-corrected chi connectivity index (χ3v) is 5.32. The molecule has 6 heteroatoms. The molecule has 0 fully saturated rings. The van der Waals surface area contributed by atoms with Crippen molar-refractivity contribution in [3.63, 3.8) is 0 Å². The lowest BCUT2D eigenvalue weighted by Crippen LogP contribution is -2.19. The van der Waals surface area contributed by atoms with E-state index in [0.29, 0.717) is 6.42 Å². The lowest BCUT2D eigenvalue weighted by atomic mass is 10.1. The zero-order valence-electron chi connectivity index (χ0n) is 16.9. The van der Waals surface area contributed by atoms with Gasteiger partial charge in [-0.15, -0.1) is 0 Å². The Morgan fingerprint density at radius 3 is 2.86 bits per heavy atom. The van der Waals surface area contributed by atoms with Crippen LogP contribution in [-0.2, 0) is 11.8 Å². The van der Waals surface area contributed by atoms with Crippen molar-refractivity contribution in [3.05, 3.63) is 54.2 Å². The third kappa shape index (κ3) is 3.38. The number of amides is 1. The fourth-order valence-corrected chi connectivity index (χ4v) is 3.92. The number of allylic oxidation sites excluding steroid dienone is 1. The van der Waals surface area contributed by atoms with Gasteiger partial charge in [0.1, 0.15) is 0 Å². The van der Waals surface area contributed by atoms with E-state index >= 15 is 0 Å². The zero-order chi connectivity index (χ0) is 20.5. The van der Waals surface area contributed by atoms with Gasteiger partial charge in [-0.1, -0.05) is 24.3 Å². The second-order valence-electron chi connectivity index (χ2n) is 7.40. The van der Waals surface area contributed by atoms with Gasteiger partial charge in [0.05, 0.1) is 17.1 Å². The minimum Gasteiger partial charge on any atom is -0.404 e. The van der Waals surface area contributed by atoms with Crippen LogP contribution in [-0.4, -0.2) is 29.8 Å². The number of aryl methyl sites for hydroxylation is 1. The van der Waals surface area contributed by atoms with E-state index in [1.165, 1.54) is 0 Å². The predicted molar refractivity (Wildman–Crippen MR) is 121 cm³/mol. The number of anilines is 2. The number of carbonyl (C=O) groups excluding carboxylic acids is 1. The van der Waals surface area contributed by atoms with Crippen LogP contribution in [0, 0.1) is 0 Å². The highest BCUT2D eigenvalue weighted by Gasteiger charge is 2.21. The standard InChI is InChI=1S/C23H25N5O/c1-14-9-22(29)27-19-6-4-5-18(23(19)26-14)21-11-16-8-7-15(10-20(16)28(21)3)17(12-24)13-25-2/h4-8,10-14,26H,9,24H2,1-3H3,(H,27,29)/t14-/m1/s1. The lowest BCUT2D eigenvalue weighted by molar-refractivity contribution is -0.116. The highest BCUT2D eigenvalue weighted by atomic mass is 16.1. The topological polar surface area (TPSA) is 84.4 Å². The number of aromatic nitrogens is 1. The molecule has 0 bridgehead atoms. The van der Waals surface area contributed by atoms with Gasteiger partial charge in [-0.25, -0.2) is 0 Å². The molecule has 1 aliphatic heterocycles. The van der Waals surface area contributed by atoms with Gasteiger partial charge in [0.25, 0.3) is 0 Å². The Kier molecular flexibility index (Phi) is 4.84. The molecule has 1 aromatic heterocycles. The molecule has 148 valence electrons. The SMILES string of the molecule is CN=CC(=CN)c1ccc2cc(-c3cccc4c3N[C@H](C)CC(=O)N4)n(C)c2c1. The van der Waals surface area contributed by atoms with Crippen LogP contribution in [0.15, 0.2) is 53.7 Å². The van der Waals surface area contributed by atoms with Crippen molar-refractivity contribution in [1.82, 2.24) is 4.57 Å². The molecule has 6 nitrogen and oxygen atoms in total. The van der Waals surface area contributed by atoms with Gasteiger partial charge in [-0.05, 0) is 30.7 Å². The Morgan fingerprint density at radius 1 is 1.28 bits per heavy atom. The number of para-hydroxylation sites is 1. The molecule has 0 saturated heterocycles. The number of nitrogens with zero attached hydrogens (tertiary/aromatic N) is 2. The smallest absolute Gasteiger partial charge is 0.226 e. The predicted octanol–water partition coefficient (Wildman–Crippen LogP) is 3.99. The molecule has 0 radical (unpaired) electrons.